The summed E-state index contributed by atoms with van der Waals surface area (Å²) in [6.07, 6.45) is 2.99. The smallest absolute Gasteiger partial charge is 0.157 e. The second-order valence-electron chi connectivity index (χ2n) is 5.02. The molecule has 1 atom stereocenters. The number of sulfone groups is 1. The summed E-state index contributed by atoms with van der Waals surface area (Å²) in [7, 11) is -3.03. The van der Waals surface area contributed by atoms with Crippen molar-refractivity contribution in [3.8, 4) is 0 Å². The van der Waals surface area contributed by atoms with Gasteiger partial charge in [-0.1, -0.05) is 24.3 Å². The van der Waals surface area contributed by atoms with Gasteiger partial charge in [0.1, 0.15) is 0 Å². The molecule has 1 saturated carbocycles. The normalized spacial score (nSPS) is 19.9. The Morgan fingerprint density at radius 1 is 1.29 bits per heavy atom. The molecule has 0 radical (unpaired) electrons. The third-order valence-electron chi connectivity index (χ3n) is 3.43. The van der Waals surface area contributed by atoms with E-state index in [0.717, 1.165) is 24.0 Å². The Bertz CT molecular complexity index is 496. The van der Waals surface area contributed by atoms with E-state index in [0.29, 0.717) is 6.42 Å². The summed E-state index contributed by atoms with van der Waals surface area (Å²) in [5, 5.41) is 9.28. The summed E-state index contributed by atoms with van der Waals surface area (Å²) < 4.78 is 22.8. The number of hydrogen-bond donors (Lipinski definition) is 1. The molecule has 1 aliphatic rings. The molecule has 1 aromatic carbocycles. The molecule has 0 spiro atoms. The Morgan fingerprint density at radius 2 is 1.82 bits per heavy atom. The molecule has 0 bridgehead atoms. The third-order valence-corrected chi connectivity index (χ3v) is 5.49. The van der Waals surface area contributed by atoms with Gasteiger partial charge in [-0.25, -0.2) is 8.42 Å². The molecule has 1 aromatic rings. The highest BCUT2D eigenvalue weighted by Crippen LogP contribution is 2.52. The molecule has 0 aliphatic heterocycles. The van der Waals surface area contributed by atoms with Gasteiger partial charge in [0.2, 0.25) is 0 Å². The first-order valence-corrected chi connectivity index (χ1v) is 7.71. The molecule has 1 unspecified atom stereocenters. The van der Waals surface area contributed by atoms with E-state index < -0.39 is 14.6 Å². The summed E-state index contributed by atoms with van der Waals surface area (Å²) >= 11 is 0. The molecule has 2 rings (SSSR count). The summed E-state index contributed by atoms with van der Waals surface area (Å²) in [5.74, 6) is 0. The number of rotatable bonds is 4. The van der Waals surface area contributed by atoms with E-state index >= 15 is 0 Å². The van der Waals surface area contributed by atoms with Crippen LogP contribution in [0.15, 0.2) is 24.3 Å². The molecule has 0 heterocycles. The van der Waals surface area contributed by atoms with Gasteiger partial charge in [-0.05, 0) is 37.3 Å². The minimum Gasteiger partial charge on any atom is -0.393 e. The van der Waals surface area contributed by atoms with E-state index in [2.05, 4.69) is 0 Å². The minimum atomic E-state index is -3.03. The summed E-state index contributed by atoms with van der Waals surface area (Å²) in [6, 6.07) is 7.58. The van der Waals surface area contributed by atoms with Crippen LogP contribution in [-0.2, 0) is 21.0 Å². The molecule has 0 amide bonds. The topological polar surface area (TPSA) is 54.4 Å². The molecule has 0 saturated heterocycles. The predicted octanol–water partition coefficient (Wildman–Crippen LogP) is 1.64. The Hall–Kier alpha value is -0.870. The molecule has 1 N–H and O–H groups in total. The van der Waals surface area contributed by atoms with Crippen LogP contribution in [0.25, 0.3) is 0 Å². The van der Waals surface area contributed by atoms with Crippen LogP contribution in [0.3, 0.4) is 0 Å². The lowest BCUT2D eigenvalue weighted by Gasteiger charge is -2.14. The van der Waals surface area contributed by atoms with Crippen LogP contribution in [0.5, 0.6) is 0 Å². The molecule has 17 heavy (non-hydrogen) atoms. The van der Waals surface area contributed by atoms with Crippen molar-refractivity contribution in [2.24, 2.45) is 0 Å². The van der Waals surface area contributed by atoms with Gasteiger partial charge in [-0.15, -0.1) is 0 Å². The second kappa shape index (κ2) is 4.10. The van der Waals surface area contributed by atoms with Crippen molar-refractivity contribution < 1.29 is 13.5 Å². The summed E-state index contributed by atoms with van der Waals surface area (Å²) in [6.45, 7) is 1.74. The highest BCUT2D eigenvalue weighted by atomic mass is 32.2. The zero-order chi connectivity index (χ0) is 12.7. The van der Waals surface area contributed by atoms with Crippen LogP contribution in [0, 0.1) is 0 Å². The molecular weight excluding hydrogens is 236 g/mol. The van der Waals surface area contributed by atoms with Gasteiger partial charge in [0, 0.05) is 6.26 Å². The van der Waals surface area contributed by atoms with Crippen LogP contribution < -0.4 is 0 Å². The number of benzene rings is 1. The molecular formula is C13H18O3S. The van der Waals surface area contributed by atoms with Gasteiger partial charge in [0.15, 0.2) is 9.84 Å². The third kappa shape index (κ3) is 2.38. The maximum atomic E-state index is 11.7. The highest BCUT2D eigenvalue weighted by molar-refractivity contribution is 7.92. The average molecular weight is 254 g/mol. The van der Waals surface area contributed by atoms with E-state index in [4.69, 9.17) is 0 Å². The molecule has 1 fully saturated rings. The van der Waals surface area contributed by atoms with E-state index in [9.17, 15) is 13.5 Å². The fourth-order valence-corrected chi connectivity index (χ4v) is 3.68. The lowest BCUT2D eigenvalue weighted by molar-refractivity contribution is 0.195. The standard InChI is InChI=1S/C13H18O3S/c1-10(14)9-11-3-5-12(6-4-11)13(7-8-13)17(2,15)16/h3-6,10,14H,7-9H2,1-2H3. The maximum Gasteiger partial charge on any atom is 0.157 e. The van der Waals surface area contributed by atoms with E-state index in [-0.39, 0.29) is 6.10 Å². The fourth-order valence-electron chi connectivity index (χ4n) is 2.27. The second-order valence-corrected chi connectivity index (χ2v) is 7.34. The highest BCUT2D eigenvalue weighted by Gasteiger charge is 2.53. The Morgan fingerprint density at radius 3 is 2.18 bits per heavy atom. The van der Waals surface area contributed by atoms with Crippen molar-refractivity contribution in [3.63, 3.8) is 0 Å². The van der Waals surface area contributed by atoms with Gasteiger partial charge in [-0.2, -0.15) is 0 Å². The Labute approximate surface area is 102 Å². The van der Waals surface area contributed by atoms with Crippen LogP contribution in [-0.4, -0.2) is 25.9 Å². The van der Waals surface area contributed by atoms with Crippen molar-refractivity contribution in [2.75, 3.05) is 6.26 Å². The SMILES string of the molecule is CC(O)Cc1ccc(C2(S(C)(=O)=O)CC2)cc1. The van der Waals surface area contributed by atoms with Crippen LogP contribution in [0.2, 0.25) is 0 Å². The van der Waals surface area contributed by atoms with E-state index in [1.165, 1.54) is 6.26 Å². The van der Waals surface area contributed by atoms with E-state index in [1.54, 1.807) is 6.92 Å². The first-order chi connectivity index (χ1) is 7.85. The van der Waals surface area contributed by atoms with Crippen molar-refractivity contribution in [1.82, 2.24) is 0 Å². The van der Waals surface area contributed by atoms with Crippen LogP contribution in [0.4, 0.5) is 0 Å². The number of hydrogen-bond acceptors (Lipinski definition) is 3. The maximum absolute atomic E-state index is 11.7. The van der Waals surface area contributed by atoms with Gasteiger partial charge >= 0.3 is 0 Å². The molecule has 3 nitrogen and oxygen atoms in total. The number of aliphatic hydroxyl groups is 1. The molecule has 0 aromatic heterocycles. The van der Waals surface area contributed by atoms with E-state index in [1.807, 2.05) is 24.3 Å². The van der Waals surface area contributed by atoms with Gasteiger partial charge < -0.3 is 5.11 Å². The van der Waals surface area contributed by atoms with Gasteiger partial charge in [0.25, 0.3) is 0 Å². The first kappa shape index (κ1) is 12.6. The van der Waals surface area contributed by atoms with Crippen molar-refractivity contribution in [3.05, 3.63) is 35.4 Å². The Balaban J connectivity index is 2.25. The van der Waals surface area contributed by atoms with Crippen molar-refractivity contribution >= 4 is 9.84 Å². The van der Waals surface area contributed by atoms with Crippen LogP contribution in [0.1, 0.15) is 30.9 Å². The zero-order valence-corrected chi connectivity index (χ0v) is 11.0. The predicted molar refractivity (Wildman–Crippen MR) is 67.6 cm³/mol. The average Bonchev–Trinajstić information content (AvgIpc) is 2.97. The monoisotopic (exact) mass is 254 g/mol. The van der Waals surface area contributed by atoms with Gasteiger partial charge in [0.05, 0.1) is 10.9 Å². The number of aliphatic hydroxyl groups excluding tert-OH is 1. The summed E-state index contributed by atoms with van der Waals surface area (Å²) in [5.41, 5.74) is 1.92. The minimum absolute atomic E-state index is 0.370. The van der Waals surface area contributed by atoms with Gasteiger partial charge in [-0.3, -0.25) is 0 Å². The van der Waals surface area contributed by atoms with Crippen molar-refractivity contribution in [1.29, 1.82) is 0 Å². The largest absolute Gasteiger partial charge is 0.393 e. The fraction of sp³-hybridized carbons (Fsp3) is 0.538. The molecule has 94 valence electrons. The first-order valence-electron chi connectivity index (χ1n) is 5.82. The zero-order valence-electron chi connectivity index (χ0n) is 10.2. The summed E-state index contributed by atoms with van der Waals surface area (Å²) in [4.78, 5) is 0. The molecule has 1 aliphatic carbocycles. The lowest BCUT2D eigenvalue weighted by Crippen LogP contribution is -2.19. The van der Waals surface area contributed by atoms with Crippen molar-refractivity contribution in [2.45, 2.75) is 37.0 Å². The van der Waals surface area contributed by atoms with Crippen LogP contribution >= 0.6 is 0 Å². The quantitative estimate of drug-likeness (QED) is 0.888. The Kier molecular flexibility index (Phi) is 3.04. The lowest BCUT2D eigenvalue weighted by atomic mass is 10.0. The molecule has 4 heteroatoms.